The van der Waals surface area contributed by atoms with Gasteiger partial charge in [0.05, 0.1) is 9.52 Å². The second-order valence-corrected chi connectivity index (χ2v) is 7.27. The normalized spacial score (nSPS) is 11.7. The minimum atomic E-state index is -0.0335. The lowest BCUT2D eigenvalue weighted by Gasteiger charge is -2.10. The fourth-order valence-electron chi connectivity index (χ4n) is 1.81. The van der Waals surface area contributed by atoms with Crippen molar-refractivity contribution in [2.75, 3.05) is 0 Å². The Morgan fingerprint density at radius 2 is 1.93 bits per heavy atom. The third kappa shape index (κ3) is 3.67. The summed E-state index contributed by atoms with van der Waals surface area (Å²) in [7, 11) is -0.0335. The number of unbranched alkanes of at least 4 members (excludes halogenated alkanes) is 1. The van der Waals surface area contributed by atoms with E-state index in [1.807, 2.05) is 0 Å². The summed E-state index contributed by atoms with van der Waals surface area (Å²) in [4.78, 5) is 0. The van der Waals surface area contributed by atoms with Crippen molar-refractivity contribution >= 4 is 14.7 Å². The molecule has 0 aliphatic heterocycles. The molecule has 78 valence electrons. The Morgan fingerprint density at radius 3 is 2.57 bits per heavy atom. The maximum atomic E-state index is 2.35. The van der Waals surface area contributed by atoms with Gasteiger partial charge in [-0.1, -0.05) is 62.2 Å². The molecule has 0 N–H and O–H groups in total. The van der Waals surface area contributed by atoms with Crippen LogP contribution in [0.3, 0.4) is 0 Å². The van der Waals surface area contributed by atoms with Gasteiger partial charge in [-0.2, -0.15) is 0 Å². The maximum absolute atomic E-state index is 2.35. The molecule has 0 spiro atoms. The zero-order chi connectivity index (χ0) is 10.4. The Bertz CT molecular complexity index is 266. The molecule has 1 rings (SSSR count). The van der Waals surface area contributed by atoms with Gasteiger partial charge in [0.15, 0.2) is 0 Å². The second kappa shape index (κ2) is 6.02. The molecule has 0 nitrogen and oxygen atoms in total. The van der Waals surface area contributed by atoms with Crippen molar-refractivity contribution in [3.8, 4) is 0 Å². The van der Waals surface area contributed by atoms with E-state index in [0.717, 1.165) is 5.54 Å². The Balaban J connectivity index is 2.69. The summed E-state index contributed by atoms with van der Waals surface area (Å²) in [6.45, 7) is 6.97. The lowest BCUT2D eigenvalue weighted by molar-refractivity contribution is 0.797. The van der Waals surface area contributed by atoms with E-state index in [0.29, 0.717) is 0 Å². The van der Waals surface area contributed by atoms with Crippen LogP contribution in [0.2, 0.25) is 5.54 Å². The zero-order valence-electron chi connectivity index (χ0n) is 9.72. The van der Waals surface area contributed by atoms with Crippen LogP contribution in [-0.2, 0) is 6.42 Å². The first-order valence-corrected chi connectivity index (χ1v) is 7.33. The number of benzene rings is 1. The fraction of sp³-hybridized carbons (Fsp3) is 0.538. The largest absolute Gasteiger partial charge is 0.0654 e. The van der Waals surface area contributed by atoms with Crippen LogP contribution in [0.5, 0.6) is 0 Å². The van der Waals surface area contributed by atoms with Gasteiger partial charge in [-0.15, -0.1) is 0 Å². The highest BCUT2D eigenvalue weighted by molar-refractivity contribution is 6.55. The van der Waals surface area contributed by atoms with E-state index in [4.69, 9.17) is 0 Å². The van der Waals surface area contributed by atoms with Crippen molar-refractivity contribution in [1.29, 1.82) is 0 Å². The maximum Gasteiger partial charge on any atom is 0.0576 e. The third-order valence-electron chi connectivity index (χ3n) is 2.55. The van der Waals surface area contributed by atoms with E-state index < -0.39 is 0 Å². The molecule has 0 fully saturated rings. The van der Waals surface area contributed by atoms with E-state index in [-0.39, 0.29) is 9.52 Å². The SMILES string of the molecule is CCCCc1ccccc1[SiH2]C(C)C. The van der Waals surface area contributed by atoms with Crippen LogP contribution < -0.4 is 5.19 Å². The van der Waals surface area contributed by atoms with Crippen LogP contribution >= 0.6 is 0 Å². The van der Waals surface area contributed by atoms with Crippen LogP contribution in [0.4, 0.5) is 0 Å². The summed E-state index contributed by atoms with van der Waals surface area (Å²) >= 11 is 0. The molecule has 1 aromatic rings. The molecule has 1 heteroatoms. The molecule has 0 atom stereocenters. The summed E-state index contributed by atoms with van der Waals surface area (Å²) in [6.07, 6.45) is 3.92. The molecule has 0 heterocycles. The zero-order valence-corrected chi connectivity index (χ0v) is 11.1. The second-order valence-electron chi connectivity index (χ2n) is 4.47. The van der Waals surface area contributed by atoms with E-state index >= 15 is 0 Å². The number of hydrogen-bond donors (Lipinski definition) is 0. The Kier molecular flexibility index (Phi) is 4.95. The van der Waals surface area contributed by atoms with E-state index in [1.165, 1.54) is 19.3 Å². The monoisotopic (exact) mass is 206 g/mol. The third-order valence-corrected chi connectivity index (χ3v) is 4.49. The average molecular weight is 206 g/mol. The lowest BCUT2D eigenvalue weighted by atomic mass is 10.1. The van der Waals surface area contributed by atoms with Crippen LogP contribution in [0, 0.1) is 0 Å². The van der Waals surface area contributed by atoms with E-state index in [1.54, 1.807) is 10.8 Å². The molecule has 0 aliphatic carbocycles. The molecule has 0 saturated heterocycles. The summed E-state index contributed by atoms with van der Waals surface area (Å²) in [5.41, 5.74) is 2.52. The number of aryl methyl sites for hydroxylation is 1. The highest BCUT2D eigenvalue weighted by Gasteiger charge is 2.03. The summed E-state index contributed by atoms with van der Waals surface area (Å²) in [5, 5.41) is 1.69. The highest BCUT2D eigenvalue weighted by Crippen LogP contribution is 2.05. The van der Waals surface area contributed by atoms with Gasteiger partial charge in [-0.05, 0) is 18.4 Å². The molecule has 1 aromatic carbocycles. The van der Waals surface area contributed by atoms with Crippen LogP contribution in [-0.4, -0.2) is 9.52 Å². The van der Waals surface area contributed by atoms with Gasteiger partial charge in [0.2, 0.25) is 0 Å². The minimum Gasteiger partial charge on any atom is -0.0654 e. The molecular formula is C13H22Si. The average Bonchev–Trinajstić information content (AvgIpc) is 2.16. The summed E-state index contributed by atoms with van der Waals surface area (Å²) in [5.74, 6) is 0. The predicted molar refractivity (Wildman–Crippen MR) is 68.3 cm³/mol. The van der Waals surface area contributed by atoms with Crippen molar-refractivity contribution in [2.45, 2.75) is 45.6 Å². The standard InChI is InChI=1S/C13H22Si/c1-4-5-8-12-9-6-7-10-13(12)14-11(2)3/h6-7,9-11H,4-5,8,14H2,1-3H3. The summed E-state index contributed by atoms with van der Waals surface area (Å²) < 4.78 is 0. The van der Waals surface area contributed by atoms with Crippen LogP contribution in [0.15, 0.2) is 24.3 Å². The molecule has 0 bridgehead atoms. The van der Waals surface area contributed by atoms with Gasteiger partial charge in [-0.25, -0.2) is 0 Å². The van der Waals surface area contributed by atoms with Gasteiger partial charge < -0.3 is 0 Å². The molecule has 0 aliphatic rings. The van der Waals surface area contributed by atoms with Crippen molar-refractivity contribution in [2.24, 2.45) is 0 Å². The van der Waals surface area contributed by atoms with Crippen molar-refractivity contribution in [3.63, 3.8) is 0 Å². The molecule has 0 unspecified atom stereocenters. The first-order chi connectivity index (χ1) is 6.74. The van der Waals surface area contributed by atoms with E-state index in [9.17, 15) is 0 Å². The smallest absolute Gasteiger partial charge is 0.0576 e. The Morgan fingerprint density at radius 1 is 1.21 bits per heavy atom. The molecule has 0 radical (unpaired) electrons. The molecule has 14 heavy (non-hydrogen) atoms. The lowest BCUT2D eigenvalue weighted by Crippen LogP contribution is -2.21. The molecule has 0 saturated carbocycles. The first-order valence-electron chi connectivity index (χ1n) is 5.80. The predicted octanol–water partition coefficient (Wildman–Crippen LogP) is 2.65. The summed E-state index contributed by atoms with van der Waals surface area (Å²) in [6, 6.07) is 9.04. The quantitative estimate of drug-likeness (QED) is 0.650. The number of hydrogen-bond acceptors (Lipinski definition) is 0. The fourth-order valence-corrected chi connectivity index (χ4v) is 3.52. The Labute approximate surface area is 90.6 Å². The molecule has 0 amide bonds. The van der Waals surface area contributed by atoms with Crippen molar-refractivity contribution < 1.29 is 0 Å². The van der Waals surface area contributed by atoms with Gasteiger partial charge in [-0.3, -0.25) is 0 Å². The van der Waals surface area contributed by atoms with Gasteiger partial charge in [0.1, 0.15) is 0 Å². The van der Waals surface area contributed by atoms with E-state index in [2.05, 4.69) is 45.0 Å². The van der Waals surface area contributed by atoms with Gasteiger partial charge in [0, 0.05) is 0 Å². The minimum absolute atomic E-state index is 0.0335. The van der Waals surface area contributed by atoms with Crippen molar-refractivity contribution in [1.82, 2.24) is 0 Å². The highest BCUT2D eigenvalue weighted by atomic mass is 28.2. The van der Waals surface area contributed by atoms with Crippen LogP contribution in [0.25, 0.3) is 0 Å². The van der Waals surface area contributed by atoms with Gasteiger partial charge in [0.25, 0.3) is 0 Å². The molecule has 0 aromatic heterocycles. The van der Waals surface area contributed by atoms with Crippen molar-refractivity contribution in [3.05, 3.63) is 29.8 Å². The molecular weight excluding hydrogens is 184 g/mol. The van der Waals surface area contributed by atoms with Gasteiger partial charge >= 0.3 is 0 Å². The Hall–Kier alpha value is -0.563. The first kappa shape index (κ1) is 11.5. The number of rotatable bonds is 5. The topological polar surface area (TPSA) is 0 Å². The van der Waals surface area contributed by atoms with Crippen LogP contribution in [0.1, 0.15) is 39.2 Å².